The van der Waals surface area contributed by atoms with Crippen molar-refractivity contribution < 1.29 is 5.11 Å². The number of hydrogen-bond acceptors (Lipinski definition) is 2. The van der Waals surface area contributed by atoms with Crippen LogP contribution in [0.5, 0.6) is 5.75 Å². The Morgan fingerprint density at radius 2 is 1.75 bits per heavy atom. The molecule has 0 aliphatic heterocycles. The Balaban J connectivity index is 2.26. The molecule has 106 valence electrons. The molecule has 0 spiro atoms. The summed E-state index contributed by atoms with van der Waals surface area (Å²) < 4.78 is 1.09. The Morgan fingerprint density at radius 1 is 1.10 bits per heavy atom. The highest BCUT2D eigenvalue weighted by Crippen LogP contribution is 2.29. The van der Waals surface area contributed by atoms with E-state index < -0.39 is 0 Å². The number of phenols is 1. The Bertz CT molecular complexity index is 593. The highest BCUT2D eigenvalue weighted by atomic mass is 79.9. The van der Waals surface area contributed by atoms with Gasteiger partial charge in [-0.15, -0.1) is 0 Å². The topological polar surface area (TPSA) is 32.3 Å². The average molecular weight is 334 g/mol. The van der Waals surface area contributed by atoms with E-state index in [4.69, 9.17) is 0 Å². The lowest BCUT2D eigenvalue weighted by Crippen LogP contribution is -2.10. The van der Waals surface area contributed by atoms with Crippen LogP contribution < -0.4 is 5.32 Å². The van der Waals surface area contributed by atoms with Crippen molar-refractivity contribution in [2.24, 2.45) is 0 Å². The number of phenolic OH excluding ortho intramolecular Hbond substituents is 1. The fraction of sp³-hybridized carbons (Fsp3) is 0.294. The maximum absolute atomic E-state index is 9.73. The smallest absolute Gasteiger partial charge is 0.118 e. The van der Waals surface area contributed by atoms with Gasteiger partial charge in [-0.1, -0.05) is 35.0 Å². The molecule has 2 N–H and O–H groups in total. The van der Waals surface area contributed by atoms with E-state index >= 15 is 0 Å². The van der Waals surface area contributed by atoms with Crippen molar-refractivity contribution >= 4 is 21.6 Å². The summed E-state index contributed by atoms with van der Waals surface area (Å²) in [4.78, 5) is 0. The number of aromatic hydroxyl groups is 1. The Morgan fingerprint density at radius 3 is 2.35 bits per heavy atom. The lowest BCUT2D eigenvalue weighted by molar-refractivity contribution is 0.470. The van der Waals surface area contributed by atoms with E-state index in [9.17, 15) is 5.11 Å². The van der Waals surface area contributed by atoms with Crippen LogP contribution in [-0.2, 0) is 0 Å². The van der Waals surface area contributed by atoms with Crippen LogP contribution in [0.25, 0.3) is 0 Å². The molecule has 2 nitrogen and oxygen atoms in total. The molecule has 0 aliphatic carbocycles. The minimum Gasteiger partial charge on any atom is -0.508 e. The maximum atomic E-state index is 9.73. The predicted molar refractivity (Wildman–Crippen MR) is 88.4 cm³/mol. The highest BCUT2D eigenvalue weighted by molar-refractivity contribution is 9.10. The van der Waals surface area contributed by atoms with Crippen molar-refractivity contribution in [2.45, 2.75) is 33.2 Å². The monoisotopic (exact) mass is 333 g/mol. The van der Waals surface area contributed by atoms with Gasteiger partial charge in [0.15, 0.2) is 0 Å². The van der Waals surface area contributed by atoms with E-state index in [1.807, 2.05) is 26.0 Å². The molecule has 2 aromatic carbocycles. The van der Waals surface area contributed by atoms with Crippen molar-refractivity contribution in [1.29, 1.82) is 0 Å². The normalized spacial score (nSPS) is 12.2. The maximum Gasteiger partial charge on any atom is 0.118 e. The van der Waals surface area contributed by atoms with E-state index in [1.165, 1.54) is 5.56 Å². The fourth-order valence-corrected chi connectivity index (χ4v) is 2.52. The first-order valence-corrected chi connectivity index (χ1v) is 7.62. The summed E-state index contributed by atoms with van der Waals surface area (Å²) in [6, 6.07) is 12.5. The van der Waals surface area contributed by atoms with E-state index in [2.05, 4.69) is 52.4 Å². The third-order valence-electron chi connectivity index (χ3n) is 3.55. The van der Waals surface area contributed by atoms with E-state index in [0.29, 0.717) is 5.75 Å². The van der Waals surface area contributed by atoms with Crippen molar-refractivity contribution in [3.8, 4) is 5.75 Å². The minimum absolute atomic E-state index is 0.269. The van der Waals surface area contributed by atoms with E-state index in [-0.39, 0.29) is 6.04 Å². The summed E-state index contributed by atoms with van der Waals surface area (Å²) in [5.74, 6) is 0.352. The van der Waals surface area contributed by atoms with Crippen LogP contribution >= 0.6 is 15.9 Å². The summed E-state index contributed by atoms with van der Waals surface area (Å²) in [6.45, 7) is 6.10. The number of rotatable bonds is 4. The Labute approximate surface area is 129 Å². The molecule has 0 fully saturated rings. The predicted octanol–water partition coefficient (Wildman–Crippen LogP) is 5.33. The first kappa shape index (κ1) is 14.9. The van der Waals surface area contributed by atoms with Crippen LogP contribution in [0.1, 0.15) is 36.1 Å². The fourth-order valence-electron chi connectivity index (χ4n) is 2.26. The zero-order valence-corrected chi connectivity index (χ0v) is 13.7. The number of nitrogens with one attached hydrogen (secondary N) is 1. The van der Waals surface area contributed by atoms with Gasteiger partial charge in [0.1, 0.15) is 5.75 Å². The second kappa shape index (κ2) is 6.31. The molecule has 0 aromatic heterocycles. The van der Waals surface area contributed by atoms with Crippen molar-refractivity contribution in [2.75, 3.05) is 5.32 Å². The number of hydrogen-bond donors (Lipinski definition) is 2. The van der Waals surface area contributed by atoms with Gasteiger partial charge >= 0.3 is 0 Å². The first-order valence-electron chi connectivity index (χ1n) is 6.83. The van der Waals surface area contributed by atoms with Gasteiger partial charge in [0.05, 0.1) is 6.04 Å². The van der Waals surface area contributed by atoms with Gasteiger partial charge in [-0.3, -0.25) is 0 Å². The summed E-state index contributed by atoms with van der Waals surface area (Å²) in [5.41, 5.74) is 4.29. The summed E-state index contributed by atoms with van der Waals surface area (Å²) in [5, 5.41) is 13.3. The molecule has 0 bridgehead atoms. The molecule has 2 aromatic rings. The van der Waals surface area contributed by atoms with Crippen LogP contribution in [0.15, 0.2) is 40.9 Å². The Hall–Kier alpha value is -1.48. The molecule has 0 aliphatic rings. The van der Waals surface area contributed by atoms with Crippen molar-refractivity contribution in [3.05, 3.63) is 57.6 Å². The molecule has 20 heavy (non-hydrogen) atoms. The highest BCUT2D eigenvalue weighted by Gasteiger charge is 2.11. The van der Waals surface area contributed by atoms with Gasteiger partial charge in [-0.2, -0.15) is 0 Å². The molecular formula is C17H20BrNO. The van der Waals surface area contributed by atoms with Crippen LogP contribution in [0.2, 0.25) is 0 Å². The summed E-state index contributed by atoms with van der Waals surface area (Å²) in [7, 11) is 0. The zero-order chi connectivity index (χ0) is 14.7. The minimum atomic E-state index is 0.269. The first-order chi connectivity index (χ1) is 9.51. The van der Waals surface area contributed by atoms with Gasteiger partial charge in [0, 0.05) is 10.2 Å². The van der Waals surface area contributed by atoms with Gasteiger partial charge in [-0.05, 0) is 61.2 Å². The van der Waals surface area contributed by atoms with Crippen molar-refractivity contribution in [3.63, 3.8) is 0 Å². The van der Waals surface area contributed by atoms with Gasteiger partial charge < -0.3 is 10.4 Å². The van der Waals surface area contributed by atoms with Crippen LogP contribution in [0.3, 0.4) is 0 Å². The third-order valence-corrected chi connectivity index (χ3v) is 4.08. The lowest BCUT2D eigenvalue weighted by atomic mass is 10.0. The van der Waals surface area contributed by atoms with Crippen LogP contribution in [-0.4, -0.2) is 5.11 Å². The molecule has 1 atom stereocenters. The molecule has 0 amide bonds. The molecule has 2 rings (SSSR count). The zero-order valence-electron chi connectivity index (χ0n) is 12.1. The third kappa shape index (κ3) is 3.34. The molecule has 0 radical (unpaired) electrons. The van der Waals surface area contributed by atoms with Gasteiger partial charge in [0.25, 0.3) is 0 Å². The lowest BCUT2D eigenvalue weighted by Gasteiger charge is -2.21. The molecule has 0 saturated carbocycles. The number of aryl methyl sites for hydroxylation is 2. The largest absolute Gasteiger partial charge is 0.508 e. The van der Waals surface area contributed by atoms with Crippen molar-refractivity contribution in [1.82, 2.24) is 0 Å². The number of anilines is 1. The summed E-state index contributed by atoms with van der Waals surface area (Å²) in [6.07, 6.45) is 1.00. The van der Waals surface area contributed by atoms with Gasteiger partial charge in [0.2, 0.25) is 0 Å². The molecule has 1 unspecified atom stereocenters. The molecular weight excluding hydrogens is 314 g/mol. The SMILES string of the molecule is CCC(Nc1cc(C)c(O)cc1C)c1ccc(Br)cc1. The number of benzene rings is 2. The van der Waals surface area contributed by atoms with Crippen LogP contribution in [0, 0.1) is 13.8 Å². The van der Waals surface area contributed by atoms with E-state index in [1.54, 1.807) is 0 Å². The van der Waals surface area contributed by atoms with Crippen LogP contribution in [0.4, 0.5) is 5.69 Å². The summed E-state index contributed by atoms with van der Waals surface area (Å²) >= 11 is 3.46. The average Bonchev–Trinajstić information content (AvgIpc) is 2.42. The number of halogens is 1. The second-order valence-electron chi connectivity index (χ2n) is 5.11. The molecule has 0 saturated heterocycles. The molecule has 3 heteroatoms. The quantitative estimate of drug-likeness (QED) is 0.740. The standard InChI is InChI=1S/C17H20BrNO/c1-4-15(13-5-7-14(18)8-6-13)19-16-9-12(3)17(20)10-11(16)2/h5-10,15,19-20H,4H2,1-3H3. The van der Waals surface area contributed by atoms with E-state index in [0.717, 1.165) is 27.7 Å². The van der Waals surface area contributed by atoms with Gasteiger partial charge in [-0.25, -0.2) is 0 Å². The molecule has 0 heterocycles. The second-order valence-corrected chi connectivity index (χ2v) is 6.03. The Kier molecular flexibility index (Phi) is 4.71.